The van der Waals surface area contributed by atoms with Gasteiger partial charge in [0, 0.05) is 17.1 Å². The normalized spacial score (nSPS) is 23.5. The minimum absolute atomic E-state index is 0.304. The van der Waals surface area contributed by atoms with E-state index in [-0.39, 0.29) is 0 Å². The molecule has 1 aromatic carbocycles. The quantitative estimate of drug-likeness (QED) is 0.765. The number of rotatable bonds is 3. The van der Waals surface area contributed by atoms with E-state index < -0.39 is 0 Å². The molecule has 0 radical (unpaired) electrons. The Bertz CT molecular complexity index is 448. The molecule has 2 rings (SSSR count). The molecule has 1 nitrogen and oxygen atoms in total. The lowest BCUT2D eigenvalue weighted by atomic mass is 9.63. The minimum Gasteiger partial charge on any atom is -0.307 e. The Hall–Kier alpha value is -0.530. The van der Waals surface area contributed by atoms with Crippen LogP contribution in [0.4, 0.5) is 0 Å². The van der Waals surface area contributed by atoms with Gasteiger partial charge in [-0.3, -0.25) is 0 Å². The zero-order valence-electron chi connectivity index (χ0n) is 13.5. The van der Waals surface area contributed by atoms with Crippen molar-refractivity contribution in [2.24, 2.45) is 10.8 Å². The van der Waals surface area contributed by atoms with Crippen LogP contribution in [0, 0.1) is 10.8 Å². The van der Waals surface area contributed by atoms with Crippen molar-refractivity contribution in [1.29, 1.82) is 0 Å². The van der Waals surface area contributed by atoms with E-state index in [1.807, 2.05) is 12.1 Å². The van der Waals surface area contributed by atoms with Crippen LogP contribution in [0.25, 0.3) is 0 Å². The number of nitrogens with one attached hydrogen (secondary N) is 1. The maximum absolute atomic E-state index is 6.31. The largest absolute Gasteiger partial charge is 0.307 e. The highest BCUT2D eigenvalue weighted by Crippen LogP contribution is 2.46. The van der Waals surface area contributed by atoms with Crippen LogP contribution in [0.3, 0.4) is 0 Å². The van der Waals surface area contributed by atoms with Crippen molar-refractivity contribution in [1.82, 2.24) is 5.32 Å². The molecule has 1 atom stereocenters. The molecule has 0 spiro atoms. The van der Waals surface area contributed by atoms with Gasteiger partial charge in [-0.05, 0) is 48.6 Å². The monoisotopic (exact) mass is 293 g/mol. The standard InChI is InChI=1S/C18H28ClN/c1-13(15-8-6-7-9-16(15)19)20-14-10-17(2,3)12-18(4,5)11-14/h6-9,13-14,20H,10-12H2,1-5H3/t13-/m0/s1. The van der Waals surface area contributed by atoms with Crippen LogP contribution in [-0.2, 0) is 0 Å². The summed E-state index contributed by atoms with van der Waals surface area (Å²) in [5, 5.41) is 4.67. The molecule has 1 fully saturated rings. The van der Waals surface area contributed by atoms with E-state index >= 15 is 0 Å². The fraction of sp³-hybridized carbons (Fsp3) is 0.667. The molecular weight excluding hydrogens is 266 g/mol. The van der Waals surface area contributed by atoms with Crippen molar-refractivity contribution >= 4 is 11.6 Å². The Balaban J connectivity index is 2.08. The Labute approximate surface area is 129 Å². The molecule has 20 heavy (non-hydrogen) atoms. The highest BCUT2D eigenvalue weighted by molar-refractivity contribution is 6.31. The van der Waals surface area contributed by atoms with Crippen LogP contribution in [0.2, 0.25) is 5.02 Å². The van der Waals surface area contributed by atoms with E-state index in [0.717, 1.165) is 5.02 Å². The Morgan fingerprint density at radius 3 is 2.20 bits per heavy atom. The minimum atomic E-state index is 0.304. The average Bonchev–Trinajstić information content (AvgIpc) is 2.24. The van der Waals surface area contributed by atoms with Crippen molar-refractivity contribution in [3.05, 3.63) is 34.9 Å². The van der Waals surface area contributed by atoms with Gasteiger partial charge in [0.05, 0.1) is 0 Å². The fourth-order valence-electron chi connectivity index (χ4n) is 4.23. The van der Waals surface area contributed by atoms with Crippen LogP contribution in [0.15, 0.2) is 24.3 Å². The second kappa shape index (κ2) is 5.69. The summed E-state index contributed by atoms with van der Waals surface area (Å²) >= 11 is 6.31. The number of halogens is 1. The number of hydrogen-bond acceptors (Lipinski definition) is 1. The van der Waals surface area contributed by atoms with Gasteiger partial charge in [-0.25, -0.2) is 0 Å². The molecule has 0 aliphatic heterocycles. The van der Waals surface area contributed by atoms with Gasteiger partial charge >= 0.3 is 0 Å². The first-order chi connectivity index (χ1) is 9.19. The van der Waals surface area contributed by atoms with E-state index in [1.54, 1.807) is 0 Å². The number of benzene rings is 1. The number of hydrogen-bond donors (Lipinski definition) is 1. The summed E-state index contributed by atoms with van der Waals surface area (Å²) < 4.78 is 0. The molecule has 1 aromatic rings. The predicted molar refractivity (Wildman–Crippen MR) is 88.2 cm³/mol. The Morgan fingerprint density at radius 1 is 1.10 bits per heavy atom. The van der Waals surface area contributed by atoms with Gasteiger partial charge in [0.15, 0.2) is 0 Å². The molecule has 0 saturated heterocycles. The Kier molecular flexibility index (Phi) is 4.51. The molecule has 1 aliphatic carbocycles. The van der Waals surface area contributed by atoms with Gasteiger partial charge in [-0.1, -0.05) is 57.5 Å². The first-order valence-electron chi connectivity index (χ1n) is 7.69. The molecule has 0 unspecified atom stereocenters. The van der Waals surface area contributed by atoms with Gasteiger partial charge in [0.25, 0.3) is 0 Å². The van der Waals surface area contributed by atoms with E-state index in [2.05, 4.69) is 52.1 Å². The van der Waals surface area contributed by atoms with Crippen molar-refractivity contribution in [2.45, 2.75) is 66.0 Å². The summed E-state index contributed by atoms with van der Waals surface area (Å²) in [4.78, 5) is 0. The van der Waals surface area contributed by atoms with E-state index in [9.17, 15) is 0 Å². The topological polar surface area (TPSA) is 12.0 Å². The third-order valence-electron chi connectivity index (χ3n) is 4.41. The second-order valence-corrected chi connectivity index (χ2v) is 8.43. The summed E-state index contributed by atoms with van der Waals surface area (Å²) in [5.74, 6) is 0. The van der Waals surface area contributed by atoms with Crippen LogP contribution < -0.4 is 5.32 Å². The summed E-state index contributed by atoms with van der Waals surface area (Å²) in [5.41, 5.74) is 2.04. The molecule has 0 aromatic heterocycles. The molecule has 112 valence electrons. The van der Waals surface area contributed by atoms with E-state index in [4.69, 9.17) is 11.6 Å². The lowest BCUT2D eigenvalue weighted by molar-refractivity contribution is 0.0811. The first-order valence-corrected chi connectivity index (χ1v) is 8.07. The fourth-order valence-corrected chi connectivity index (χ4v) is 4.53. The van der Waals surface area contributed by atoms with Crippen LogP contribution in [-0.4, -0.2) is 6.04 Å². The van der Waals surface area contributed by atoms with Crippen LogP contribution >= 0.6 is 11.6 Å². The highest BCUT2D eigenvalue weighted by atomic mass is 35.5. The van der Waals surface area contributed by atoms with Crippen molar-refractivity contribution < 1.29 is 0 Å². The summed E-state index contributed by atoms with van der Waals surface area (Å²) in [7, 11) is 0. The van der Waals surface area contributed by atoms with Crippen LogP contribution in [0.1, 0.15) is 65.5 Å². The lowest BCUT2D eigenvalue weighted by Gasteiger charge is -2.46. The zero-order valence-corrected chi connectivity index (χ0v) is 14.2. The van der Waals surface area contributed by atoms with Crippen molar-refractivity contribution in [3.63, 3.8) is 0 Å². The summed E-state index contributed by atoms with van der Waals surface area (Å²) in [6.45, 7) is 11.8. The van der Waals surface area contributed by atoms with Gasteiger partial charge < -0.3 is 5.32 Å². The first kappa shape index (κ1) is 15.9. The molecule has 1 N–H and O–H groups in total. The highest BCUT2D eigenvalue weighted by Gasteiger charge is 2.38. The maximum atomic E-state index is 6.31. The Morgan fingerprint density at radius 2 is 1.65 bits per heavy atom. The molecular formula is C18H28ClN. The van der Waals surface area contributed by atoms with E-state index in [0.29, 0.717) is 22.9 Å². The van der Waals surface area contributed by atoms with Crippen molar-refractivity contribution in [3.8, 4) is 0 Å². The van der Waals surface area contributed by atoms with Gasteiger partial charge in [0.2, 0.25) is 0 Å². The smallest absolute Gasteiger partial charge is 0.0453 e. The van der Waals surface area contributed by atoms with Gasteiger partial charge in [-0.2, -0.15) is 0 Å². The zero-order chi connectivity index (χ0) is 15.0. The molecule has 2 heteroatoms. The molecule has 1 aliphatic rings. The maximum Gasteiger partial charge on any atom is 0.0453 e. The third-order valence-corrected chi connectivity index (χ3v) is 4.76. The molecule has 0 bridgehead atoms. The van der Waals surface area contributed by atoms with E-state index in [1.165, 1.54) is 24.8 Å². The average molecular weight is 294 g/mol. The van der Waals surface area contributed by atoms with Gasteiger partial charge in [-0.15, -0.1) is 0 Å². The van der Waals surface area contributed by atoms with Crippen molar-refractivity contribution in [2.75, 3.05) is 0 Å². The summed E-state index contributed by atoms with van der Waals surface area (Å²) in [6.07, 6.45) is 3.79. The molecule has 1 saturated carbocycles. The SMILES string of the molecule is C[C@H](NC1CC(C)(C)CC(C)(C)C1)c1ccccc1Cl. The van der Waals surface area contributed by atoms with Gasteiger partial charge in [0.1, 0.15) is 0 Å². The lowest BCUT2D eigenvalue weighted by Crippen LogP contribution is -2.44. The predicted octanol–water partition coefficient (Wildman–Crippen LogP) is 5.60. The molecule has 0 amide bonds. The third kappa shape index (κ3) is 3.99. The second-order valence-electron chi connectivity index (χ2n) is 8.02. The summed E-state index contributed by atoms with van der Waals surface area (Å²) in [6, 6.07) is 9.03. The van der Waals surface area contributed by atoms with Crippen LogP contribution in [0.5, 0.6) is 0 Å². The molecule has 0 heterocycles.